The number of carbonyl (C=O) groups is 3. The number of amides is 2. The van der Waals surface area contributed by atoms with E-state index in [2.05, 4.69) is 23.8 Å². The molecular formula is C21H26Cl2N2O5. The van der Waals surface area contributed by atoms with Crippen molar-refractivity contribution in [2.45, 2.75) is 25.7 Å². The number of nitrogens with one attached hydrogen (secondary N) is 2. The fraction of sp³-hybridized carbons (Fsp3) is 0.381. The van der Waals surface area contributed by atoms with Crippen LogP contribution >= 0.6 is 23.2 Å². The van der Waals surface area contributed by atoms with Crippen LogP contribution < -0.4 is 15.4 Å². The van der Waals surface area contributed by atoms with Gasteiger partial charge in [0.15, 0.2) is 5.75 Å². The zero-order chi connectivity index (χ0) is 22.4. The molecule has 164 valence electrons. The van der Waals surface area contributed by atoms with Gasteiger partial charge < -0.3 is 20.1 Å². The Balaban J connectivity index is 2.39. The summed E-state index contributed by atoms with van der Waals surface area (Å²) in [6.07, 6.45) is 5.08. The molecule has 0 aromatic heterocycles. The molecule has 1 aromatic rings. The highest BCUT2D eigenvalue weighted by Crippen LogP contribution is 2.34. The van der Waals surface area contributed by atoms with Gasteiger partial charge in [-0.2, -0.15) is 0 Å². The number of benzene rings is 1. The molecule has 1 aromatic carbocycles. The Morgan fingerprint density at radius 2 is 1.37 bits per heavy atom. The topological polar surface area (TPSA) is 93.7 Å². The summed E-state index contributed by atoms with van der Waals surface area (Å²) in [5.41, 5.74) is 0.226. The van der Waals surface area contributed by atoms with E-state index in [1.165, 1.54) is 24.3 Å². The molecule has 9 heteroatoms. The molecule has 30 heavy (non-hydrogen) atoms. The summed E-state index contributed by atoms with van der Waals surface area (Å²) in [5, 5.41) is 5.73. The Morgan fingerprint density at radius 1 is 0.867 bits per heavy atom. The summed E-state index contributed by atoms with van der Waals surface area (Å²) in [7, 11) is 0. The third-order valence-electron chi connectivity index (χ3n) is 3.83. The predicted molar refractivity (Wildman–Crippen MR) is 117 cm³/mol. The minimum Gasteiger partial charge on any atom is -0.490 e. The summed E-state index contributed by atoms with van der Waals surface area (Å²) >= 11 is 12.4. The van der Waals surface area contributed by atoms with Gasteiger partial charge in [0.05, 0.1) is 28.8 Å². The van der Waals surface area contributed by atoms with E-state index in [1.54, 1.807) is 0 Å². The molecule has 2 amide bonds. The Hall–Kier alpha value is -2.51. The molecule has 7 nitrogen and oxygen atoms in total. The van der Waals surface area contributed by atoms with Gasteiger partial charge in [-0.25, -0.2) is 4.79 Å². The third kappa shape index (κ3) is 9.80. The van der Waals surface area contributed by atoms with Crippen LogP contribution in [0.5, 0.6) is 5.75 Å². The van der Waals surface area contributed by atoms with Crippen LogP contribution in [0.3, 0.4) is 0 Å². The van der Waals surface area contributed by atoms with Crippen LogP contribution in [0.1, 0.15) is 36.0 Å². The van der Waals surface area contributed by atoms with Gasteiger partial charge in [0.25, 0.3) is 0 Å². The Bertz CT molecular complexity index is 745. The van der Waals surface area contributed by atoms with Gasteiger partial charge in [0.1, 0.15) is 0 Å². The number of hydrogen-bond acceptors (Lipinski definition) is 5. The first-order valence-corrected chi connectivity index (χ1v) is 10.2. The molecule has 0 aliphatic rings. The van der Waals surface area contributed by atoms with Gasteiger partial charge in [-0.3, -0.25) is 9.59 Å². The average molecular weight is 457 g/mol. The number of ether oxygens (including phenoxy) is 2. The summed E-state index contributed by atoms with van der Waals surface area (Å²) in [4.78, 5) is 34.2. The highest BCUT2D eigenvalue weighted by molar-refractivity contribution is 6.37. The minimum atomic E-state index is -0.543. The van der Waals surface area contributed by atoms with E-state index in [-0.39, 0.29) is 34.0 Å². The SMILES string of the molecule is C=CC(=O)NCCCCOC(=O)c1cc(Cl)c(OCCCCNC(=O)C=C)c(Cl)c1. The summed E-state index contributed by atoms with van der Waals surface area (Å²) in [6.45, 7) is 8.29. The van der Waals surface area contributed by atoms with Gasteiger partial charge in [0.2, 0.25) is 11.8 Å². The second-order valence-corrected chi connectivity index (χ2v) is 6.97. The van der Waals surface area contributed by atoms with Crippen LogP contribution in [0.2, 0.25) is 10.0 Å². The van der Waals surface area contributed by atoms with Crippen LogP contribution in [0, 0.1) is 0 Å². The number of esters is 1. The molecule has 0 saturated carbocycles. The van der Waals surface area contributed by atoms with Gasteiger partial charge >= 0.3 is 5.97 Å². The van der Waals surface area contributed by atoms with E-state index in [0.29, 0.717) is 44.7 Å². The fourth-order valence-corrected chi connectivity index (χ4v) is 2.86. The van der Waals surface area contributed by atoms with Crippen LogP contribution in [0.25, 0.3) is 0 Å². The van der Waals surface area contributed by atoms with Crippen LogP contribution in [0.15, 0.2) is 37.4 Å². The second-order valence-electron chi connectivity index (χ2n) is 6.16. The van der Waals surface area contributed by atoms with Crippen molar-refractivity contribution in [3.05, 3.63) is 53.1 Å². The van der Waals surface area contributed by atoms with Crippen molar-refractivity contribution in [1.29, 1.82) is 0 Å². The Kier molecular flexibility index (Phi) is 12.3. The van der Waals surface area contributed by atoms with Crippen molar-refractivity contribution < 1.29 is 23.9 Å². The summed E-state index contributed by atoms with van der Waals surface area (Å²) < 4.78 is 10.8. The van der Waals surface area contributed by atoms with Crippen molar-refractivity contribution in [2.75, 3.05) is 26.3 Å². The molecule has 0 unspecified atom stereocenters. The van der Waals surface area contributed by atoms with E-state index >= 15 is 0 Å². The van der Waals surface area contributed by atoms with Crippen molar-refractivity contribution in [2.24, 2.45) is 0 Å². The molecular weight excluding hydrogens is 431 g/mol. The Labute approximate surface area is 186 Å². The van der Waals surface area contributed by atoms with Crippen LogP contribution in [-0.4, -0.2) is 44.1 Å². The maximum absolute atomic E-state index is 12.2. The van der Waals surface area contributed by atoms with Crippen LogP contribution in [-0.2, 0) is 14.3 Å². The van der Waals surface area contributed by atoms with Gasteiger partial charge in [-0.1, -0.05) is 36.4 Å². The zero-order valence-electron chi connectivity index (χ0n) is 16.7. The van der Waals surface area contributed by atoms with Crippen molar-refractivity contribution in [3.63, 3.8) is 0 Å². The normalized spacial score (nSPS) is 10.1. The average Bonchev–Trinajstić information content (AvgIpc) is 2.73. The number of halogens is 2. The lowest BCUT2D eigenvalue weighted by atomic mass is 10.2. The molecule has 0 aliphatic heterocycles. The van der Waals surface area contributed by atoms with Gasteiger partial charge in [0, 0.05) is 13.1 Å². The molecule has 1 rings (SSSR count). The van der Waals surface area contributed by atoms with Gasteiger partial charge in [-0.05, 0) is 50.0 Å². The van der Waals surface area contributed by atoms with Crippen LogP contribution in [0.4, 0.5) is 0 Å². The molecule has 0 bridgehead atoms. The molecule has 0 radical (unpaired) electrons. The van der Waals surface area contributed by atoms with E-state index in [1.807, 2.05) is 0 Å². The smallest absolute Gasteiger partial charge is 0.338 e. The largest absolute Gasteiger partial charge is 0.490 e. The standard InChI is InChI=1S/C21H26Cl2N2O5/c1-3-18(26)24-9-5-7-11-29-20-16(22)13-15(14-17(20)23)21(28)30-12-8-6-10-25-19(27)4-2/h3-4,13-14H,1-2,5-12H2,(H,24,26)(H,25,27). The maximum atomic E-state index is 12.2. The van der Waals surface area contributed by atoms with E-state index < -0.39 is 5.97 Å². The quantitative estimate of drug-likeness (QED) is 0.253. The summed E-state index contributed by atoms with van der Waals surface area (Å²) in [5.74, 6) is -0.705. The molecule has 0 saturated heterocycles. The van der Waals surface area contributed by atoms with Crippen molar-refractivity contribution in [1.82, 2.24) is 10.6 Å². The molecule has 0 spiro atoms. The lowest BCUT2D eigenvalue weighted by Gasteiger charge is -2.12. The highest BCUT2D eigenvalue weighted by atomic mass is 35.5. The van der Waals surface area contributed by atoms with Crippen molar-refractivity contribution in [3.8, 4) is 5.75 Å². The third-order valence-corrected chi connectivity index (χ3v) is 4.39. The van der Waals surface area contributed by atoms with Crippen molar-refractivity contribution >= 4 is 41.0 Å². The molecule has 0 heterocycles. The molecule has 0 atom stereocenters. The van der Waals surface area contributed by atoms with Gasteiger partial charge in [-0.15, -0.1) is 0 Å². The first kappa shape index (κ1) is 25.5. The number of unbranched alkanes of at least 4 members (excludes halogenated alkanes) is 2. The summed E-state index contributed by atoms with van der Waals surface area (Å²) in [6, 6.07) is 2.89. The lowest BCUT2D eigenvalue weighted by molar-refractivity contribution is -0.117. The zero-order valence-corrected chi connectivity index (χ0v) is 18.2. The first-order valence-electron chi connectivity index (χ1n) is 9.48. The monoisotopic (exact) mass is 456 g/mol. The second kappa shape index (κ2) is 14.5. The highest BCUT2D eigenvalue weighted by Gasteiger charge is 2.15. The van der Waals surface area contributed by atoms with E-state index in [9.17, 15) is 14.4 Å². The minimum absolute atomic E-state index is 0.207. The van der Waals surface area contributed by atoms with E-state index in [4.69, 9.17) is 32.7 Å². The maximum Gasteiger partial charge on any atom is 0.338 e. The lowest BCUT2D eigenvalue weighted by Crippen LogP contribution is -2.22. The number of rotatable bonds is 14. The number of carbonyl (C=O) groups excluding carboxylic acids is 3. The predicted octanol–water partition coefficient (Wildman–Crippen LogP) is 3.69. The molecule has 0 aliphatic carbocycles. The molecule has 0 fully saturated rings. The Morgan fingerprint density at radius 3 is 1.87 bits per heavy atom. The fourth-order valence-electron chi connectivity index (χ4n) is 2.26. The van der Waals surface area contributed by atoms with E-state index in [0.717, 1.165) is 6.42 Å². The molecule has 2 N–H and O–H groups in total. The first-order chi connectivity index (χ1) is 14.4. The number of hydrogen-bond donors (Lipinski definition) is 2.